The summed E-state index contributed by atoms with van der Waals surface area (Å²) in [5, 5.41) is 2.56. The molecular formula is C15H11BrF4N2O2. The predicted molar refractivity (Wildman–Crippen MR) is 81.1 cm³/mol. The summed E-state index contributed by atoms with van der Waals surface area (Å²) in [6.45, 7) is -1.37. The van der Waals surface area contributed by atoms with Gasteiger partial charge in [0.15, 0.2) is 6.61 Å². The van der Waals surface area contributed by atoms with Gasteiger partial charge in [0, 0.05) is 23.3 Å². The largest absolute Gasteiger partial charge is 0.468 e. The third-order valence-electron chi connectivity index (χ3n) is 2.76. The maximum Gasteiger partial charge on any atom is 0.422 e. The molecule has 0 aliphatic heterocycles. The summed E-state index contributed by atoms with van der Waals surface area (Å²) in [6.07, 6.45) is -3.36. The van der Waals surface area contributed by atoms with Crippen LogP contribution in [0, 0.1) is 5.82 Å². The van der Waals surface area contributed by atoms with Crippen molar-refractivity contribution in [3.8, 4) is 5.88 Å². The normalized spacial score (nSPS) is 11.2. The minimum Gasteiger partial charge on any atom is -0.468 e. The number of alkyl halides is 3. The van der Waals surface area contributed by atoms with Gasteiger partial charge < -0.3 is 10.1 Å². The Morgan fingerprint density at radius 3 is 2.58 bits per heavy atom. The summed E-state index contributed by atoms with van der Waals surface area (Å²) in [7, 11) is 0. The van der Waals surface area contributed by atoms with Crippen LogP contribution in [-0.2, 0) is 6.54 Å². The fourth-order valence-corrected chi connectivity index (χ4v) is 2.27. The second kappa shape index (κ2) is 7.61. The average Bonchev–Trinajstić information content (AvgIpc) is 2.49. The quantitative estimate of drug-likeness (QED) is 0.767. The Labute approximate surface area is 143 Å². The van der Waals surface area contributed by atoms with E-state index in [1.807, 2.05) is 0 Å². The maximum atomic E-state index is 13.2. The second-order valence-electron chi connectivity index (χ2n) is 4.75. The van der Waals surface area contributed by atoms with Crippen LogP contribution in [0.15, 0.2) is 41.0 Å². The number of amides is 1. The first-order chi connectivity index (χ1) is 11.2. The number of pyridine rings is 1. The molecule has 0 radical (unpaired) electrons. The summed E-state index contributed by atoms with van der Waals surface area (Å²) >= 11 is 3.14. The summed E-state index contributed by atoms with van der Waals surface area (Å²) < 4.78 is 54.3. The molecule has 0 fully saturated rings. The van der Waals surface area contributed by atoms with Gasteiger partial charge in [-0.25, -0.2) is 9.37 Å². The van der Waals surface area contributed by atoms with Crippen molar-refractivity contribution in [3.63, 3.8) is 0 Å². The molecule has 1 N–H and O–H groups in total. The topological polar surface area (TPSA) is 51.2 Å². The summed E-state index contributed by atoms with van der Waals surface area (Å²) in [5.74, 6) is -1.18. The molecule has 1 amide bonds. The Balaban J connectivity index is 1.92. The summed E-state index contributed by atoms with van der Waals surface area (Å²) in [5.41, 5.74) is 0.693. The Morgan fingerprint density at radius 2 is 2.00 bits per heavy atom. The number of carbonyl (C=O) groups is 1. The van der Waals surface area contributed by atoms with Crippen LogP contribution in [0.1, 0.15) is 15.9 Å². The lowest BCUT2D eigenvalue weighted by molar-refractivity contribution is -0.154. The van der Waals surface area contributed by atoms with E-state index >= 15 is 0 Å². The lowest BCUT2D eigenvalue weighted by Crippen LogP contribution is -2.23. The summed E-state index contributed by atoms with van der Waals surface area (Å²) in [4.78, 5) is 15.6. The first kappa shape index (κ1) is 18.2. The van der Waals surface area contributed by atoms with E-state index in [0.29, 0.717) is 10.0 Å². The van der Waals surface area contributed by atoms with E-state index in [1.54, 1.807) is 6.07 Å². The Kier molecular flexibility index (Phi) is 5.76. The molecule has 1 heterocycles. The fraction of sp³-hybridized carbons (Fsp3) is 0.200. The van der Waals surface area contributed by atoms with Crippen molar-refractivity contribution in [2.45, 2.75) is 12.7 Å². The van der Waals surface area contributed by atoms with Gasteiger partial charge in [0.1, 0.15) is 5.82 Å². The van der Waals surface area contributed by atoms with Crippen LogP contribution in [0.3, 0.4) is 0 Å². The lowest BCUT2D eigenvalue weighted by atomic mass is 10.2. The highest BCUT2D eigenvalue weighted by atomic mass is 79.9. The third-order valence-corrected chi connectivity index (χ3v) is 3.22. The van der Waals surface area contributed by atoms with Gasteiger partial charge in [0.2, 0.25) is 5.88 Å². The van der Waals surface area contributed by atoms with Crippen LogP contribution in [0.5, 0.6) is 5.88 Å². The molecule has 2 rings (SSSR count). The van der Waals surface area contributed by atoms with Crippen LogP contribution in [0.4, 0.5) is 17.6 Å². The highest BCUT2D eigenvalue weighted by Gasteiger charge is 2.28. The van der Waals surface area contributed by atoms with Gasteiger partial charge in [-0.15, -0.1) is 0 Å². The first-order valence-corrected chi connectivity index (χ1v) is 7.41. The molecule has 0 bridgehead atoms. The molecule has 4 nitrogen and oxygen atoms in total. The molecule has 9 heteroatoms. The Morgan fingerprint density at radius 1 is 1.25 bits per heavy atom. The monoisotopic (exact) mass is 406 g/mol. The lowest BCUT2D eigenvalue weighted by Gasteiger charge is -2.09. The number of halogens is 5. The molecule has 0 aliphatic carbocycles. The van der Waals surface area contributed by atoms with Crippen molar-refractivity contribution in [1.29, 1.82) is 0 Å². The molecule has 0 unspecified atom stereocenters. The molecule has 24 heavy (non-hydrogen) atoms. The SMILES string of the molecule is O=C(NCc1cc(F)cc(Br)c1)c1ccc(OCC(F)(F)F)nc1. The van der Waals surface area contributed by atoms with E-state index in [9.17, 15) is 22.4 Å². The van der Waals surface area contributed by atoms with E-state index in [1.165, 1.54) is 24.3 Å². The number of rotatable bonds is 5. The molecule has 1 aromatic carbocycles. The van der Waals surface area contributed by atoms with Crippen LogP contribution < -0.4 is 10.1 Å². The van der Waals surface area contributed by atoms with E-state index in [0.717, 1.165) is 6.20 Å². The van der Waals surface area contributed by atoms with E-state index in [4.69, 9.17) is 0 Å². The maximum absolute atomic E-state index is 13.2. The first-order valence-electron chi connectivity index (χ1n) is 6.62. The van der Waals surface area contributed by atoms with E-state index < -0.39 is 24.5 Å². The van der Waals surface area contributed by atoms with E-state index in [2.05, 4.69) is 31.0 Å². The molecule has 2 aromatic rings. The molecule has 0 aliphatic rings. The predicted octanol–water partition coefficient (Wildman–Crippen LogP) is 3.85. The minimum absolute atomic E-state index is 0.0848. The molecule has 0 saturated carbocycles. The van der Waals surface area contributed by atoms with Crippen molar-refractivity contribution in [3.05, 3.63) is 57.9 Å². The number of nitrogens with zero attached hydrogens (tertiary/aromatic N) is 1. The fourth-order valence-electron chi connectivity index (χ4n) is 1.75. The zero-order valence-electron chi connectivity index (χ0n) is 12.0. The molecule has 0 spiro atoms. The summed E-state index contributed by atoms with van der Waals surface area (Å²) in [6, 6.07) is 6.66. The molecule has 0 atom stereocenters. The van der Waals surface area contributed by atoms with Crippen LogP contribution in [-0.4, -0.2) is 23.7 Å². The zero-order chi connectivity index (χ0) is 17.7. The number of hydrogen-bond acceptors (Lipinski definition) is 3. The zero-order valence-corrected chi connectivity index (χ0v) is 13.6. The smallest absolute Gasteiger partial charge is 0.422 e. The molecular weight excluding hydrogens is 396 g/mol. The van der Waals surface area contributed by atoms with Gasteiger partial charge in [-0.2, -0.15) is 13.2 Å². The Bertz CT molecular complexity index is 700. The molecule has 0 saturated heterocycles. The minimum atomic E-state index is -4.46. The standard InChI is InChI=1S/C15H11BrF4N2O2/c16-11-3-9(4-12(17)5-11)6-22-14(23)10-1-2-13(21-7-10)24-8-15(18,19)20/h1-5,7H,6,8H2,(H,22,23). The highest BCUT2D eigenvalue weighted by Crippen LogP contribution is 2.17. The van der Waals surface area contributed by atoms with Crippen LogP contribution in [0.25, 0.3) is 0 Å². The van der Waals surface area contributed by atoms with Gasteiger partial charge >= 0.3 is 6.18 Å². The molecule has 128 valence electrons. The number of ether oxygens (including phenoxy) is 1. The average molecular weight is 407 g/mol. The van der Waals surface area contributed by atoms with Crippen molar-refractivity contribution in [2.75, 3.05) is 6.61 Å². The second-order valence-corrected chi connectivity index (χ2v) is 5.67. The van der Waals surface area contributed by atoms with Gasteiger partial charge in [-0.05, 0) is 29.8 Å². The van der Waals surface area contributed by atoms with E-state index in [-0.39, 0.29) is 18.0 Å². The van der Waals surface area contributed by atoms with Gasteiger partial charge in [-0.3, -0.25) is 4.79 Å². The number of hydrogen-bond donors (Lipinski definition) is 1. The third kappa shape index (κ3) is 5.80. The number of carbonyl (C=O) groups excluding carboxylic acids is 1. The van der Waals surface area contributed by atoms with Crippen molar-refractivity contribution in [1.82, 2.24) is 10.3 Å². The number of aromatic nitrogens is 1. The van der Waals surface area contributed by atoms with Crippen molar-refractivity contribution in [2.24, 2.45) is 0 Å². The Hall–Kier alpha value is -2.16. The van der Waals surface area contributed by atoms with Crippen LogP contribution in [0.2, 0.25) is 0 Å². The van der Waals surface area contributed by atoms with Crippen molar-refractivity contribution < 1.29 is 27.1 Å². The van der Waals surface area contributed by atoms with Gasteiger partial charge in [0.05, 0.1) is 5.56 Å². The highest BCUT2D eigenvalue weighted by molar-refractivity contribution is 9.10. The molecule has 1 aromatic heterocycles. The van der Waals surface area contributed by atoms with Gasteiger partial charge in [-0.1, -0.05) is 15.9 Å². The number of nitrogens with one attached hydrogen (secondary N) is 1. The number of benzene rings is 1. The van der Waals surface area contributed by atoms with Gasteiger partial charge in [0.25, 0.3) is 5.91 Å². The van der Waals surface area contributed by atoms with Crippen molar-refractivity contribution >= 4 is 21.8 Å². The van der Waals surface area contributed by atoms with Crippen LogP contribution >= 0.6 is 15.9 Å².